The quantitative estimate of drug-likeness (QED) is 0.765. The van der Waals surface area contributed by atoms with Gasteiger partial charge in [0.1, 0.15) is 5.82 Å². The molecule has 3 heterocycles. The molecule has 0 aliphatic heterocycles. The highest BCUT2D eigenvalue weighted by molar-refractivity contribution is 5.58. The first-order valence-corrected chi connectivity index (χ1v) is 8.14. The highest BCUT2D eigenvalue weighted by atomic mass is 16.1. The van der Waals surface area contributed by atoms with Crippen LogP contribution in [0.2, 0.25) is 0 Å². The van der Waals surface area contributed by atoms with Crippen LogP contribution in [0.15, 0.2) is 35.4 Å². The lowest BCUT2D eigenvalue weighted by Crippen LogP contribution is -2.19. The number of anilines is 1. The Morgan fingerprint density at radius 2 is 1.96 bits per heavy atom. The van der Waals surface area contributed by atoms with Gasteiger partial charge in [0, 0.05) is 47.0 Å². The molecule has 0 amide bonds. The highest BCUT2D eigenvalue weighted by Gasteiger charge is 2.11. The Hall–Kier alpha value is -3.02. The number of aromatic nitrogens is 4. The molecule has 25 heavy (non-hydrogen) atoms. The summed E-state index contributed by atoms with van der Waals surface area (Å²) >= 11 is 0. The lowest BCUT2D eigenvalue weighted by atomic mass is 10.1. The molecule has 0 saturated heterocycles. The van der Waals surface area contributed by atoms with Gasteiger partial charge in [-0.2, -0.15) is 0 Å². The SMILES string of the molecule is Cc1cc(C)c(CNc2nc(-c3cccnc3)nc(C)c2C)c(=O)[nH]1. The Kier molecular flexibility index (Phi) is 4.61. The number of nitrogens with one attached hydrogen (secondary N) is 2. The second-order valence-electron chi connectivity index (χ2n) is 6.14. The van der Waals surface area contributed by atoms with E-state index in [0.29, 0.717) is 17.9 Å². The van der Waals surface area contributed by atoms with E-state index in [1.54, 1.807) is 12.4 Å². The third kappa shape index (κ3) is 3.57. The molecule has 0 aliphatic rings. The van der Waals surface area contributed by atoms with Crippen LogP contribution in [0.1, 0.15) is 28.1 Å². The van der Waals surface area contributed by atoms with Crippen molar-refractivity contribution in [2.45, 2.75) is 34.2 Å². The first kappa shape index (κ1) is 16.8. The molecule has 0 aliphatic carbocycles. The zero-order chi connectivity index (χ0) is 18.0. The minimum atomic E-state index is -0.0686. The first-order chi connectivity index (χ1) is 12.0. The molecule has 6 nitrogen and oxygen atoms in total. The average molecular weight is 335 g/mol. The summed E-state index contributed by atoms with van der Waals surface area (Å²) in [5.74, 6) is 1.35. The standard InChI is InChI=1S/C19H21N5O/c1-11-8-12(2)22-19(25)16(11)10-21-17-13(3)14(4)23-18(24-17)15-6-5-7-20-9-15/h5-9H,10H2,1-4H3,(H,22,25)(H,21,23,24). The van der Waals surface area contributed by atoms with Crippen molar-refractivity contribution in [2.75, 3.05) is 5.32 Å². The maximum Gasteiger partial charge on any atom is 0.253 e. The second kappa shape index (κ2) is 6.84. The van der Waals surface area contributed by atoms with Crippen molar-refractivity contribution in [3.63, 3.8) is 0 Å². The lowest BCUT2D eigenvalue weighted by Gasteiger charge is -2.13. The largest absolute Gasteiger partial charge is 0.365 e. The van der Waals surface area contributed by atoms with Crippen LogP contribution in [-0.2, 0) is 6.54 Å². The van der Waals surface area contributed by atoms with Crippen molar-refractivity contribution in [2.24, 2.45) is 0 Å². The number of H-pyrrole nitrogens is 1. The van der Waals surface area contributed by atoms with Crippen LogP contribution in [0, 0.1) is 27.7 Å². The zero-order valence-electron chi connectivity index (χ0n) is 14.8. The molecule has 128 valence electrons. The van der Waals surface area contributed by atoms with Crippen LogP contribution in [0.4, 0.5) is 5.82 Å². The van der Waals surface area contributed by atoms with E-state index in [1.165, 1.54) is 0 Å². The molecule has 0 radical (unpaired) electrons. The third-order valence-electron chi connectivity index (χ3n) is 4.24. The predicted molar refractivity (Wildman–Crippen MR) is 98.6 cm³/mol. The Morgan fingerprint density at radius 3 is 2.64 bits per heavy atom. The number of hydrogen-bond acceptors (Lipinski definition) is 5. The fraction of sp³-hybridized carbons (Fsp3) is 0.263. The number of aryl methyl sites for hydroxylation is 3. The van der Waals surface area contributed by atoms with Gasteiger partial charge in [-0.25, -0.2) is 9.97 Å². The summed E-state index contributed by atoms with van der Waals surface area (Å²) < 4.78 is 0. The van der Waals surface area contributed by atoms with Gasteiger partial charge in [-0.1, -0.05) is 0 Å². The van der Waals surface area contributed by atoms with Crippen LogP contribution in [0.3, 0.4) is 0 Å². The zero-order valence-corrected chi connectivity index (χ0v) is 14.8. The van der Waals surface area contributed by atoms with Gasteiger partial charge in [0.25, 0.3) is 5.56 Å². The van der Waals surface area contributed by atoms with Crippen molar-refractivity contribution in [1.82, 2.24) is 19.9 Å². The summed E-state index contributed by atoms with van der Waals surface area (Å²) in [5, 5.41) is 3.29. The van der Waals surface area contributed by atoms with Gasteiger partial charge in [0.05, 0.1) is 0 Å². The van der Waals surface area contributed by atoms with Gasteiger partial charge in [0.15, 0.2) is 5.82 Å². The summed E-state index contributed by atoms with van der Waals surface area (Å²) in [6, 6.07) is 5.75. The van der Waals surface area contributed by atoms with Crippen molar-refractivity contribution >= 4 is 5.82 Å². The Bertz CT molecular complexity index is 964. The van der Waals surface area contributed by atoms with Gasteiger partial charge in [-0.3, -0.25) is 9.78 Å². The summed E-state index contributed by atoms with van der Waals surface area (Å²) in [7, 11) is 0. The lowest BCUT2D eigenvalue weighted by molar-refractivity contribution is 0.985. The van der Waals surface area contributed by atoms with E-state index in [4.69, 9.17) is 0 Å². The predicted octanol–water partition coefficient (Wildman–Crippen LogP) is 3.07. The average Bonchev–Trinajstić information content (AvgIpc) is 2.58. The van der Waals surface area contributed by atoms with Crippen LogP contribution in [-0.4, -0.2) is 19.9 Å². The third-order valence-corrected chi connectivity index (χ3v) is 4.24. The fourth-order valence-electron chi connectivity index (χ4n) is 2.70. The molecule has 0 fully saturated rings. The monoisotopic (exact) mass is 335 g/mol. The van der Waals surface area contributed by atoms with E-state index in [1.807, 2.05) is 45.9 Å². The van der Waals surface area contributed by atoms with E-state index < -0.39 is 0 Å². The summed E-state index contributed by atoms with van der Waals surface area (Å²) in [6.07, 6.45) is 3.46. The molecular weight excluding hydrogens is 314 g/mol. The minimum absolute atomic E-state index is 0.0686. The van der Waals surface area contributed by atoms with E-state index in [-0.39, 0.29) is 5.56 Å². The molecule has 0 saturated carbocycles. The van der Waals surface area contributed by atoms with Crippen LogP contribution < -0.4 is 10.9 Å². The molecule has 3 aromatic rings. The van der Waals surface area contributed by atoms with Crippen LogP contribution in [0.25, 0.3) is 11.4 Å². The molecule has 0 bridgehead atoms. The highest BCUT2D eigenvalue weighted by Crippen LogP contribution is 2.21. The van der Waals surface area contributed by atoms with Gasteiger partial charge in [-0.05, 0) is 51.5 Å². The molecule has 3 aromatic heterocycles. The number of nitrogens with zero attached hydrogens (tertiary/aromatic N) is 3. The normalized spacial score (nSPS) is 10.7. The summed E-state index contributed by atoms with van der Waals surface area (Å²) in [5.41, 5.74) is 5.19. The molecule has 0 aromatic carbocycles. The Balaban J connectivity index is 1.93. The maximum absolute atomic E-state index is 12.2. The number of pyridine rings is 2. The molecule has 2 N–H and O–H groups in total. The molecule has 0 spiro atoms. The van der Waals surface area contributed by atoms with Crippen LogP contribution >= 0.6 is 0 Å². The second-order valence-corrected chi connectivity index (χ2v) is 6.14. The van der Waals surface area contributed by atoms with E-state index in [2.05, 4.69) is 25.3 Å². The van der Waals surface area contributed by atoms with Crippen molar-refractivity contribution in [1.29, 1.82) is 0 Å². The molecule has 3 rings (SSSR count). The van der Waals surface area contributed by atoms with Crippen LogP contribution in [0.5, 0.6) is 0 Å². The number of aromatic amines is 1. The molecule has 0 atom stereocenters. The van der Waals surface area contributed by atoms with Gasteiger partial charge in [-0.15, -0.1) is 0 Å². The van der Waals surface area contributed by atoms with Crippen molar-refractivity contribution in [3.05, 3.63) is 69.0 Å². The molecule has 6 heteroatoms. The fourth-order valence-corrected chi connectivity index (χ4v) is 2.70. The van der Waals surface area contributed by atoms with E-state index in [9.17, 15) is 4.79 Å². The minimum Gasteiger partial charge on any atom is -0.365 e. The maximum atomic E-state index is 12.2. The van der Waals surface area contributed by atoms with Crippen molar-refractivity contribution < 1.29 is 0 Å². The van der Waals surface area contributed by atoms with Gasteiger partial charge < -0.3 is 10.3 Å². The Morgan fingerprint density at radius 1 is 1.16 bits per heavy atom. The van der Waals surface area contributed by atoms with Crippen molar-refractivity contribution in [3.8, 4) is 11.4 Å². The Labute approximate surface area is 146 Å². The molecule has 0 unspecified atom stereocenters. The smallest absolute Gasteiger partial charge is 0.253 e. The topological polar surface area (TPSA) is 83.6 Å². The number of rotatable bonds is 4. The number of hydrogen-bond donors (Lipinski definition) is 2. The van der Waals surface area contributed by atoms with E-state index in [0.717, 1.165) is 33.9 Å². The molecular formula is C19H21N5O. The summed E-state index contributed by atoms with van der Waals surface area (Å²) in [4.78, 5) is 28.3. The summed E-state index contributed by atoms with van der Waals surface area (Å²) in [6.45, 7) is 8.15. The van der Waals surface area contributed by atoms with E-state index >= 15 is 0 Å². The van der Waals surface area contributed by atoms with Gasteiger partial charge in [0.2, 0.25) is 0 Å². The first-order valence-electron chi connectivity index (χ1n) is 8.14. The van der Waals surface area contributed by atoms with Gasteiger partial charge >= 0.3 is 0 Å².